The molecule has 0 aliphatic carbocycles. The number of hydrogen-bond acceptors (Lipinski definition) is 2. The number of halogens is 1. The second kappa shape index (κ2) is 5.85. The summed E-state index contributed by atoms with van der Waals surface area (Å²) in [6.45, 7) is 4.63. The molecule has 1 atom stereocenters. The van der Waals surface area contributed by atoms with Crippen molar-refractivity contribution in [3.05, 3.63) is 59.9 Å². The van der Waals surface area contributed by atoms with Gasteiger partial charge in [-0.25, -0.2) is 4.39 Å². The molecule has 2 aromatic carbocycles. The zero-order valence-corrected chi connectivity index (χ0v) is 11.3. The highest BCUT2D eigenvalue weighted by molar-refractivity contribution is 5.67. The van der Waals surface area contributed by atoms with Gasteiger partial charge in [-0.15, -0.1) is 0 Å². The molecule has 0 amide bonds. The maximum absolute atomic E-state index is 14.0. The SMILES string of the molecule is CCN(c1ccccc1F)c1ccccc1[C@@H](C)N. The van der Waals surface area contributed by atoms with Crippen LogP contribution in [0.15, 0.2) is 48.5 Å². The Bertz CT molecular complexity index is 552. The molecule has 0 spiro atoms. The molecule has 0 bridgehead atoms. The molecule has 0 saturated heterocycles. The number of anilines is 2. The summed E-state index contributed by atoms with van der Waals surface area (Å²) in [4.78, 5) is 1.95. The maximum Gasteiger partial charge on any atom is 0.146 e. The lowest BCUT2D eigenvalue weighted by atomic mass is 10.1. The van der Waals surface area contributed by atoms with E-state index < -0.39 is 0 Å². The normalized spacial score (nSPS) is 12.2. The monoisotopic (exact) mass is 258 g/mol. The van der Waals surface area contributed by atoms with Crippen molar-refractivity contribution < 1.29 is 4.39 Å². The summed E-state index contributed by atoms with van der Waals surface area (Å²) >= 11 is 0. The van der Waals surface area contributed by atoms with Crippen molar-refractivity contribution >= 4 is 11.4 Å². The Hall–Kier alpha value is -1.87. The summed E-state index contributed by atoms with van der Waals surface area (Å²) in [5.74, 6) is -0.219. The molecule has 100 valence electrons. The smallest absolute Gasteiger partial charge is 0.146 e. The van der Waals surface area contributed by atoms with Gasteiger partial charge in [0.05, 0.1) is 5.69 Å². The highest BCUT2D eigenvalue weighted by Crippen LogP contribution is 2.32. The van der Waals surface area contributed by atoms with Gasteiger partial charge in [-0.1, -0.05) is 30.3 Å². The van der Waals surface area contributed by atoms with Crippen LogP contribution >= 0.6 is 0 Å². The first-order chi connectivity index (χ1) is 9.15. The van der Waals surface area contributed by atoms with Crippen molar-refractivity contribution in [1.29, 1.82) is 0 Å². The van der Waals surface area contributed by atoms with Crippen molar-refractivity contribution in [1.82, 2.24) is 0 Å². The molecule has 2 N–H and O–H groups in total. The molecule has 0 unspecified atom stereocenters. The summed E-state index contributed by atoms with van der Waals surface area (Å²) in [5.41, 5.74) is 8.57. The minimum atomic E-state index is -0.219. The summed E-state index contributed by atoms with van der Waals surface area (Å²) in [6.07, 6.45) is 0. The van der Waals surface area contributed by atoms with Crippen molar-refractivity contribution in [2.75, 3.05) is 11.4 Å². The summed E-state index contributed by atoms with van der Waals surface area (Å²) in [7, 11) is 0. The maximum atomic E-state index is 14.0. The number of nitrogens with two attached hydrogens (primary N) is 1. The highest BCUT2D eigenvalue weighted by atomic mass is 19.1. The fourth-order valence-electron chi connectivity index (χ4n) is 2.26. The molecule has 2 rings (SSSR count). The largest absolute Gasteiger partial charge is 0.339 e. The highest BCUT2D eigenvalue weighted by Gasteiger charge is 2.16. The van der Waals surface area contributed by atoms with Gasteiger partial charge < -0.3 is 10.6 Å². The predicted octanol–water partition coefficient (Wildman–Crippen LogP) is 4.00. The fourth-order valence-corrected chi connectivity index (χ4v) is 2.26. The Kier molecular flexibility index (Phi) is 4.17. The van der Waals surface area contributed by atoms with Crippen LogP contribution in [0.3, 0.4) is 0 Å². The lowest BCUT2D eigenvalue weighted by Crippen LogP contribution is -2.20. The minimum Gasteiger partial charge on any atom is -0.339 e. The Morgan fingerprint density at radius 3 is 2.21 bits per heavy atom. The first kappa shape index (κ1) is 13.6. The molecule has 19 heavy (non-hydrogen) atoms. The number of benzene rings is 2. The van der Waals surface area contributed by atoms with E-state index in [9.17, 15) is 4.39 Å². The van der Waals surface area contributed by atoms with Crippen LogP contribution in [0.5, 0.6) is 0 Å². The lowest BCUT2D eigenvalue weighted by Gasteiger charge is -2.27. The van der Waals surface area contributed by atoms with Gasteiger partial charge in [0.25, 0.3) is 0 Å². The molecular formula is C16H19FN2. The van der Waals surface area contributed by atoms with Crippen LogP contribution in [-0.2, 0) is 0 Å². The fraction of sp³-hybridized carbons (Fsp3) is 0.250. The molecule has 0 aliphatic heterocycles. The average Bonchev–Trinajstić information content (AvgIpc) is 2.42. The van der Waals surface area contributed by atoms with Gasteiger partial charge in [0.1, 0.15) is 5.82 Å². The molecule has 2 aromatic rings. The van der Waals surface area contributed by atoms with Crippen LogP contribution in [0.25, 0.3) is 0 Å². The second-order valence-corrected chi connectivity index (χ2v) is 4.54. The van der Waals surface area contributed by atoms with Crippen molar-refractivity contribution in [2.45, 2.75) is 19.9 Å². The van der Waals surface area contributed by atoms with Gasteiger partial charge in [0, 0.05) is 18.3 Å². The van der Waals surface area contributed by atoms with Gasteiger partial charge in [-0.05, 0) is 37.6 Å². The number of hydrogen-bond donors (Lipinski definition) is 1. The molecule has 0 fully saturated rings. The van der Waals surface area contributed by atoms with Gasteiger partial charge in [0.15, 0.2) is 0 Å². The topological polar surface area (TPSA) is 29.3 Å². The van der Waals surface area contributed by atoms with E-state index >= 15 is 0 Å². The number of nitrogens with zero attached hydrogens (tertiary/aromatic N) is 1. The summed E-state index contributed by atoms with van der Waals surface area (Å²) in [5, 5.41) is 0. The first-order valence-corrected chi connectivity index (χ1v) is 6.51. The van der Waals surface area contributed by atoms with Gasteiger partial charge in [0.2, 0.25) is 0 Å². The Morgan fingerprint density at radius 1 is 1.05 bits per heavy atom. The van der Waals surface area contributed by atoms with Crippen LogP contribution in [-0.4, -0.2) is 6.54 Å². The molecule has 0 saturated carbocycles. The molecule has 0 aliphatic rings. The van der Waals surface area contributed by atoms with Crippen LogP contribution in [0.2, 0.25) is 0 Å². The van der Waals surface area contributed by atoms with Crippen molar-refractivity contribution in [3.63, 3.8) is 0 Å². The van der Waals surface area contributed by atoms with E-state index in [-0.39, 0.29) is 11.9 Å². The van der Waals surface area contributed by atoms with Gasteiger partial charge >= 0.3 is 0 Å². The van der Waals surface area contributed by atoms with Crippen molar-refractivity contribution in [3.8, 4) is 0 Å². The molecular weight excluding hydrogens is 239 g/mol. The Labute approximate surface area is 113 Å². The van der Waals surface area contributed by atoms with E-state index in [4.69, 9.17) is 5.73 Å². The summed E-state index contributed by atoms with van der Waals surface area (Å²) < 4.78 is 14.0. The minimum absolute atomic E-state index is 0.0861. The third kappa shape index (κ3) is 2.76. The molecule has 3 heteroatoms. The Morgan fingerprint density at radius 2 is 1.63 bits per heavy atom. The molecule has 0 heterocycles. The molecule has 0 radical (unpaired) electrons. The third-order valence-corrected chi connectivity index (χ3v) is 3.18. The number of para-hydroxylation sites is 2. The second-order valence-electron chi connectivity index (χ2n) is 4.54. The van der Waals surface area contributed by atoms with E-state index in [0.29, 0.717) is 12.2 Å². The zero-order chi connectivity index (χ0) is 13.8. The predicted molar refractivity (Wildman–Crippen MR) is 78.1 cm³/mol. The standard InChI is InChI=1S/C16H19FN2/c1-3-19(16-11-7-5-9-14(16)17)15-10-6-4-8-13(15)12(2)18/h4-12H,3,18H2,1-2H3/t12-/m1/s1. The van der Waals surface area contributed by atoms with E-state index in [1.807, 2.05) is 49.1 Å². The molecule has 0 aromatic heterocycles. The van der Waals surface area contributed by atoms with E-state index in [0.717, 1.165) is 11.3 Å². The van der Waals surface area contributed by atoms with Crippen LogP contribution in [0.1, 0.15) is 25.5 Å². The van der Waals surface area contributed by atoms with Crippen molar-refractivity contribution in [2.24, 2.45) is 5.73 Å². The summed E-state index contributed by atoms with van der Waals surface area (Å²) in [6, 6.07) is 14.6. The quantitative estimate of drug-likeness (QED) is 0.898. The van der Waals surface area contributed by atoms with Gasteiger partial charge in [-0.3, -0.25) is 0 Å². The number of rotatable bonds is 4. The van der Waals surface area contributed by atoms with Gasteiger partial charge in [-0.2, -0.15) is 0 Å². The van der Waals surface area contributed by atoms with Crippen LogP contribution < -0.4 is 10.6 Å². The van der Waals surface area contributed by atoms with E-state index in [1.54, 1.807) is 12.1 Å². The van der Waals surface area contributed by atoms with E-state index in [1.165, 1.54) is 6.07 Å². The first-order valence-electron chi connectivity index (χ1n) is 6.51. The zero-order valence-electron chi connectivity index (χ0n) is 11.3. The Balaban J connectivity index is 2.52. The molecule has 2 nitrogen and oxygen atoms in total. The van der Waals surface area contributed by atoms with Crippen LogP contribution in [0, 0.1) is 5.82 Å². The third-order valence-electron chi connectivity index (χ3n) is 3.18. The van der Waals surface area contributed by atoms with E-state index in [2.05, 4.69) is 0 Å². The average molecular weight is 258 g/mol. The van der Waals surface area contributed by atoms with Crippen LogP contribution in [0.4, 0.5) is 15.8 Å². The lowest BCUT2D eigenvalue weighted by molar-refractivity contribution is 0.625.